The highest BCUT2D eigenvalue weighted by molar-refractivity contribution is 6.08. The quantitative estimate of drug-likeness (QED) is 0.169. The third-order valence-corrected chi connectivity index (χ3v) is 4.19. The van der Waals surface area contributed by atoms with Crippen molar-refractivity contribution in [1.82, 2.24) is 0 Å². The van der Waals surface area contributed by atoms with Crippen LogP contribution in [0.15, 0.2) is 12.7 Å². The van der Waals surface area contributed by atoms with Gasteiger partial charge in [0.2, 0.25) is 0 Å². The highest BCUT2D eigenvalue weighted by Crippen LogP contribution is 2.13. The molecule has 19 heavy (non-hydrogen) atoms. The Morgan fingerprint density at radius 2 is 0.842 bits per heavy atom. The number of rotatable bonds is 16. The van der Waals surface area contributed by atoms with Crippen molar-refractivity contribution in [3.05, 3.63) is 12.7 Å². The average Bonchev–Trinajstić information content (AvgIpc) is 2.43. The standard InChI is InChI=1S/C18H35Si/c1-2-3-4-5-6-7-8-9-10-11-12-13-14-15-16-17-18-19/h2H,1,3-18H2. The fraction of sp³-hybridized carbons (Fsp3) is 0.889. The number of allylic oxidation sites excluding steroid dienone is 1. The SMILES string of the molecule is C=CCCCCCCCCCCCCCCCC[Si]. The predicted octanol–water partition coefficient (Wildman–Crippen LogP) is 6.61. The molecule has 0 heterocycles. The van der Waals surface area contributed by atoms with E-state index in [1.165, 1.54) is 102 Å². The molecule has 0 rings (SSSR count). The van der Waals surface area contributed by atoms with Crippen LogP contribution in [-0.2, 0) is 0 Å². The summed E-state index contributed by atoms with van der Waals surface area (Å²) in [6, 6.07) is 1.17. The van der Waals surface area contributed by atoms with Crippen molar-refractivity contribution in [2.24, 2.45) is 0 Å². The lowest BCUT2D eigenvalue weighted by molar-refractivity contribution is 0.536. The second-order valence-electron chi connectivity index (χ2n) is 5.78. The molecule has 111 valence electrons. The third-order valence-electron chi connectivity index (χ3n) is 3.84. The van der Waals surface area contributed by atoms with E-state index in [1.54, 1.807) is 0 Å². The van der Waals surface area contributed by atoms with Gasteiger partial charge in [-0.25, -0.2) is 0 Å². The average molecular weight is 280 g/mol. The van der Waals surface area contributed by atoms with E-state index in [2.05, 4.69) is 16.8 Å². The zero-order valence-corrected chi connectivity index (χ0v) is 14.1. The van der Waals surface area contributed by atoms with E-state index < -0.39 is 0 Å². The van der Waals surface area contributed by atoms with Gasteiger partial charge in [0.1, 0.15) is 0 Å². The second kappa shape index (κ2) is 18.0. The van der Waals surface area contributed by atoms with Crippen LogP contribution in [0, 0.1) is 0 Å². The summed E-state index contributed by atoms with van der Waals surface area (Å²) in [5.74, 6) is 0. The number of hydrogen-bond donors (Lipinski definition) is 0. The molecule has 0 aromatic rings. The van der Waals surface area contributed by atoms with Crippen molar-refractivity contribution in [3.63, 3.8) is 0 Å². The smallest absolute Gasteiger partial charge is 0.0222 e. The van der Waals surface area contributed by atoms with Crippen molar-refractivity contribution < 1.29 is 0 Å². The molecular formula is C18H35Si. The van der Waals surface area contributed by atoms with Gasteiger partial charge >= 0.3 is 0 Å². The summed E-state index contributed by atoms with van der Waals surface area (Å²) in [5.41, 5.74) is 0. The Morgan fingerprint density at radius 3 is 1.16 bits per heavy atom. The van der Waals surface area contributed by atoms with Crippen molar-refractivity contribution in [2.45, 2.75) is 102 Å². The first-order valence-electron chi connectivity index (χ1n) is 8.67. The summed E-state index contributed by atoms with van der Waals surface area (Å²) in [4.78, 5) is 0. The minimum Gasteiger partial charge on any atom is -0.103 e. The van der Waals surface area contributed by atoms with Crippen molar-refractivity contribution >= 4 is 10.2 Å². The van der Waals surface area contributed by atoms with Crippen molar-refractivity contribution in [1.29, 1.82) is 0 Å². The lowest BCUT2D eigenvalue weighted by atomic mass is 10.0. The van der Waals surface area contributed by atoms with Crippen LogP contribution in [0.4, 0.5) is 0 Å². The van der Waals surface area contributed by atoms with Gasteiger partial charge in [-0.05, 0) is 12.8 Å². The summed E-state index contributed by atoms with van der Waals surface area (Å²) in [6.45, 7) is 3.76. The molecule has 0 saturated heterocycles. The summed E-state index contributed by atoms with van der Waals surface area (Å²) in [7, 11) is 3.53. The van der Waals surface area contributed by atoms with Crippen LogP contribution in [0.25, 0.3) is 0 Å². The van der Waals surface area contributed by atoms with Crippen LogP contribution in [0.5, 0.6) is 0 Å². The predicted molar refractivity (Wildman–Crippen MR) is 90.0 cm³/mol. The van der Waals surface area contributed by atoms with Crippen LogP contribution in [0.1, 0.15) is 96.3 Å². The van der Waals surface area contributed by atoms with Crippen LogP contribution >= 0.6 is 0 Å². The molecular weight excluding hydrogens is 244 g/mol. The van der Waals surface area contributed by atoms with Gasteiger partial charge < -0.3 is 0 Å². The van der Waals surface area contributed by atoms with Gasteiger partial charge in [0.25, 0.3) is 0 Å². The molecule has 0 aliphatic heterocycles. The monoisotopic (exact) mass is 279 g/mol. The minimum atomic E-state index is 1.17. The molecule has 0 spiro atoms. The summed E-state index contributed by atoms with van der Waals surface area (Å²) < 4.78 is 0. The van der Waals surface area contributed by atoms with Gasteiger partial charge in [-0.3, -0.25) is 0 Å². The second-order valence-corrected chi connectivity index (χ2v) is 6.28. The Hall–Kier alpha value is -0.0431. The van der Waals surface area contributed by atoms with Crippen LogP contribution < -0.4 is 0 Å². The van der Waals surface area contributed by atoms with Crippen LogP contribution in [0.3, 0.4) is 0 Å². The van der Waals surface area contributed by atoms with Crippen molar-refractivity contribution in [2.75, 3.05) is 0 Å². The van der Waals surface area contributed by atoms with Crippen molar-refractivity contribution in [3.8, 4) is 0 Å². The first-order valence-corrected chi connectivity index (χ1v) is 9.38. The maximum Gasteiger partial charge on any atom is 0.0222 e. The van der Waals surface area contributed by atoms with E-state index in [0.717, 1.165) is 0 Å². The Kier molecular flexibility index (Phi) is 17.9. The topological polar surface area (TPSA) is 0 Å². The normalized spacial score (nSPS) is 10.8. The fourth-order valence-electron chi connectivity index (χ4n) is 2.53. The molecule has 0 fully saturated rings. The molecule has 0 amide bonds. The largest absolute Gasteiger partial charge is 0.103 e. The van der Waals surface area contributed by atoms with E-state index >= 15 is 0 Å². The lowest BCUT2D eigenvalue weighted by Gasteiger charge is -2.03. The molecule has 3 radical (unpaired) electrons. The van der Waals surface area contributed by atoms with Gasteiger partial charge in [-0.15, -0.1) is 6.58 Å². The fourth-order valence-corrected chi connectivity index (χ4v) is 2.78. The zero-order valence-electron chi connectivity index (χ0n) is 13.1. The number of hydrogen-bond acceptors (Lipinski definition) is 0. The Balaban J connectivity index is 2.89. The summed E-state index contributed by atoms with van der Waals surface area (Å²) >= 11 is 0. The molecule has 0 saturated carbocycles. The number of unbranched alkanes of at least 4 members (excludes halogenated alkanes) is 14. The molecule has 0 aromatic heterocycles. The van der Waals surface area contributed by atoms with E-state index in [-0.39, 0.29) is 0 Å². The van der Waals surface area contributed by atoms with Gasteiger partial charge in [0, 0.05) is 10.2 Å². The highest BCUT2D eigenvalue weighted by Gasteiger charge is 1.93. The van der Waals surface area contributed by atoms with Gasteiger partial charge in [-0.1, -0.05) is 95.6 Å². The Morgan fingerprint density at radius 1 is 0.526 bits per heavy atom. The molecule has 0 nitrogen and oxygen atoms in total. The first kappa shape index (κ1) is 19.0. The molecule has 0 unspecified atom stereocenters. The third kappa shape index (κ3) is 18.0. The molecule has 0 aliphatic rings. The molecule has 1 heteroatoms. The van der Waals surface area contributed by atoms with E-state index in [4.69, 9.17) is 0 Å². The zero-order chi connectivity index (χ0) is 14.0. The molecule has 0 aromatic carbocycles. The van der Waals surface area contributed by atoms with Crippen LogP contribution in [-0.4, -0.2) is 10.2 Å². The molecule has 0 atom stereocenters. The Bertz CT molecular complexity index is 165. The van der Waals surface area contributed by atoms with E-state index in [0.29, 0.717) is 0 Å². The highest BCUT2D eigenvalue weighted by atomic mass is 28.1. The van der Waals surface area contributed by atoms with Gasteiger partial charge in [0.15, 0.2) is 0 Å². The lowest BCUT2D eigenvalue weighted by Crippen LogP contribution is -1.83. The van der Waals surface area contributed by atoms with Gasteiger partial charge in [0.05, 0.1) is 0 Å². The maximum atomic E-state index is 3.76. The summed E-state index contributed by atoms with van der Waals surface area (Å²) in [6.07, 6.45) is 23.3. The Labute approximate surface area is 125 Å². The maximum absolute atomic E-state index is 3.76. The molecule has 0 aliphatic carbocycles. The molecule has 0 bridgehead atoms. The van der Waals surface area contributed by atoms with Gasteiger partial charge in [-0.2, -0.15) is 0 Å². The first-order chi connectivity index (χ1) is 9.41. The van der Waals surface area contributed by atoms with E-state index in [9.17, 15) is 0 Å². The molecule has 0 N–H and O–H groups in total. The van der Waals surface area contributed by atoms with Crippen LogP contribution in [0.2, 0.25) is 6.04 Å². The summed E-state index contributed by atoms with van der Waals surface area (Å²) in [5, 5.41) is 0. The van der Waals surface area contributed by atoms with E-state index in [1.807, 2.05) is 6.08 Å². The minimum absolute atomic E-state index is 1.17.